The first-order valence-corrected chi connectivity index (χ1v) is 24.9. The second-order valence-electron chi connectivity index (χ2n) is 16.6. The number of phosphoric ester groups is 1. The first-order chi connectivity index (χ1) is 29.4. The standard InChI is InChI=1S/C50H86NO9P/c1-6-8-10-12-14-15-16-17-18-19-20-21-22-23-24-25-29-33-37-41-49(53)57-45-48(46-59-61(55,56)58-44-43-51(3,4)5)60-50(54)42-38-34-30-27-26-28-32-36-40-47(52)39-35-31-13-11-9-7-2/h9,11,14-15,17-18,27-28,30-32,35-36,40,47-48,52H,6-8,10,12-13,16,19-26,29,33-34,37-39,41-46H2,1-5H3/b11-9-,15-14-,18-17-,30-27-,32-28-,35-31-,40-36+/t47?,48-/m1/s1. The predicted octanol–water partition coefficient (Wildman–Crippen LogP) is 11.9. The van der Waals surface area contributed by atoms with Crippen molar-refractivity contribution in [3.8, 4) is 0 Å². The predicted molar refractivity (Wildman–Crippen MR) is 251 cm³/mol. The molecule has 0 fully saturated rings. The lowest BCUT2D eigenvalue weighted by atomic mass is 10.1. The van der Waals surface area contributed by atoms with Gasteiger partial charge in [-0.05, 0) is 77.0 Å². The zero-order valence-electron chi connectivity index (χ0n) is 38.9. The van der Waals surface area contributed by atoms with E-state index in [0.717, 1.165) is 44.9 Å². The van der Waals surface area contributed by atoms with Crippen molar-refractivity contribution >= 4 is 19.8 Å². The average Bonchev–Trinajstić information content (AvgIpc) is 3.21. The number of hydrogen-bond acceptors (Lipinski definition) is 9. The van der Waals surface area contributed by atoms with Crippen molar-refractivity contribution in [3.63, 3.8) is 0 Å². The number of carbonyl (C=O) groups is 2. The van der Waals surface area contributed by atoms with Crippen LogP contribution in [0.3, 0.4) is 0 Å². The molecule has 0 bridgehead atoms. The highest BCUT2D eigenvalue weighted by Crippen LogP contribution is 2.38. The number of aliphatic hydroxyl groups is 1. The summed E-state index contributed by atoms with van der Waals surface area (Å²) in [6.45, 7) is 3.91. The van der Waals surface area contributed by atoms with E-state index in [1.54, 1.807) is 6.08 Å². The van der Waals surface area contributed by atoms with E-state index in [-0.39, 0.29) is 26.1 Å². The zero-order valence-corrected chi connectivity index (χ0v) is 39.8. The number of nitrogens with zero attached hydrogens (tertiary/aromatic N) is 1. The van der Waals surface area contributed by atoms with Crippen LogP contribution in [0.25, 0.3) is 0 Å². The van der Waals surface area contributed by atoms with Crippen molar-refractivity contribution in [2.45, 2.75) is 174 Å². The van der Waals surface area contributed by atoms with Crippen LogP contribution < -0.4 is 4.89 Å². The van der Waals surface area contributed by atoms with Gasteiger partial charge in [-0.3, -0.25) is 14.2 Å². The van der Waals surface area contributed by atoms with Gasteiger partial charge in [0.1, 0.15) is 19.8 Å². The molecule has 10 nitrogen and oxygen atoms in total. The molecule has 2 unspecified atom stereocenters. The topological polar surface area (TPSA) is 131 Å². The fourth-order valence-electron chi connectivity index (χ4n) is 5.80. The zero-order chi connectivity index (χ0) is 45.1. The number of quaternary nitrogens is 1. The molecule has 0 rings (SSSR count). The molecule has 350 valence electrons. The molecule has 0 aliphatic carbocycles. The Labute approximate surface area is 372 Å². The van der Waals surface area contributed by atoms with E-state index in [9.17, 15) is 24.2 Å². The number of ether oxygens (including phenoxy) is 2. The van der Waals surface area contributed by atoms with Gasteiger partial charge in [-0.25, -0.2) is 0 Å². The van der Waals surface area contributed by atoms with Crippen LogP contribution in [-0.4, -0.2) is 81.2 Å². The molecule has 0 heterocycles. The Kier molecular flexibility index (Phi) is 39.3. The van der Waals surface area contributed by atoms with Gasteiger partial charge < -0.3 is 33.0 Å². The first kappa shape index (κ1) is 58.1. The van der Waals surface area contributed by atoms with Crippen molar-refractivity contribution in [3.05, 3.63) is 85.1 Å². The Morgan fingerprint density at radius 3 is 1.79 bits per heavy atom. The van der Waals surface area contributed by atoms with Crippen LogP contribution in [-0.2, 0) is 32.7 Å². The van der Waals surface area contributed by atoms with E-state index in [4.69, 9.17) is 18.5 Å². The molecule has 61 heavy (non-hydrogen) atoms. The monoisotopic (exact) mass is 876 g/mol. The average molecular weight is 876 g/mol. The van der Waals surface area contributed by atoms with Gasteiger partial charge in [-0.15, -0.1) is 0 Å². The van der Waals surface area contributed by atoms with Crippen LogP contribution in [0.1, 0.15) is 162 Å². The van der Waals surface area contributed by atoms with Crippen LogP contribution in [0.15, 0.2) is 85.1 Å². The lowest BCUT2D eigenvalue weighted by Gasteiger charge is -2.28. The summed E-state index contributed by atoms with van der Waals surface area (Å²) in [5.74, 6) is -0.953. The lowest BCUT2D eigenvalue weighted by Crippen LogP contribution is -2.37. The summed E-state index contributed by atoms with van der Waals surface area (Å²) in [6.07, 6.45) is 49.3. The fourth-order valence-corrected chi connectivity index (χ4v) is 6.53. The van der Waals surface area contributed by atoms with Crippen molar-refractivity contribution in [2.75, 3.05) is 47.5 Å². The smallest absolute Gasteiger partial charge is 0.306 e. The number of allylic oxidation sites excluding steroid dienone is 12. The van der Waals surface area contributed by atoms with Gasteiger partial charge in [0.05, 0.1) is 33.9 Å². The van der Waals surface area contributed by atoms with E-state index in [1.807, 2.05) is 57.6 Å². The van der Waals surface area contributed by atoms with Gasteiger partial charge in [0.15, 0.2) is 6.10 Å². The number of carbonyl (C=O) groups excluding carboxylic acids is 2. The van der Waals surface area contributed by atoms with Crippen molar-refractivity contribution < 1.29 is 47.2 Å². The molecule has 0 aliphatic rings. The number of esters is 2. The highest BCUT2D eigenvalue weighted by Gasteiger charge is 2.21. The third-order valence-electron chi connectivity index (χ3n) is 9.48. The quantitative estimate of drug-likeness (QED) is 0.0159. The normalized spacial score (nSPS) is 14.8. The number of likely N-dealkylation sites (N-methyl/N-ethyl adjacent to an activating group) is 1. The number of rotatable bonds is 41. The molecule has 0 aromatic heterocycles. The molecule has 0 aliphatic heterocycles. The van der Waals surface area contributed by atoms with Crippen molar-refractivity contribution in [2.24, 2.45) is 0 Å². The van der Waals surface area contributed by atoms with Gasteiger partial charge in [0, 0.05) is 12.8 Å². The Balaban J connectivity index is 4.48. The fraction of sp³-hybridized carbons (Fsp3) is 0.680. The van der Waals surface area contributed by atoms with Crippen LogP contribution in [0.2, 0.25) is 0 Å². The molecule has 0 spiro atoms. The molecule has 0 radical (unpaired) electrons. The largest absolute Gasteiger partial charge is 0.756 e. The first-order valence-electron chi connectivity index (χ1n) is 23.4. The van der Waals surface area contributed by atoms with Gasteiger partial charge in [0.25, 0.3) is 7.82 Å². The molecule has 0 amide bonds. The molecule has 3 atom stereocenters. The summed E-state index contributed by atoms with van der Waals surface area (Å²) < 4.78 is 33.8. The second kappa shape index (κ2) is 41.2. The van der Waals surface area contributed by atoms with Gasteiger partial charge in [-0.1, -0.05) is 157 Å². The number of phosphoric acid groups is 1. The maximum Gasteiger partial charge on any atom is 0.306 e. The number of hydrogen-bond donors (Lipinski definition) is 1. The molecule has 1 N–H and O–H groups in total. The molecular formula is C50H86NO9P. The summed E-state index contributed by atoms with van der Waals surface area (Å²) >= 11 is 0. The lowest BCUT2D eigenvalue weighted by molar-refractivity contribution is -0.870. The van der Waals surface area contributed by atoms with E-state index >= 15 is 0 Å². The molecule has 11 heteroatoms. The van der Waals surface area contributed by atoms with Gasteiger partial charge in [0.2, 0.25) is 0 Å². The summed E-state index contributed by atoms with van der Waals surface area (Å²) in [5, 5.41) is 10.0. The minimum atomic E-state index is -4.66. The maximum atomic E-state index is 12.7. The third kappa shape index (κ3) is 45.0. The van der Waals surface area contributed by atoms with Gasteiger partial charge >= 0.3 is 11.9 Å². The van der Waals surface area contributed by atoms with Crippen LogP contribution in [0.4, 0.5) is 0 Å². The summed E-state index contributed by atoms with van der Waals surface area (Å²) in [7, 11) is 1.07. The summed E-state index contributed by atoms with van der Waals surface area (Å²) in [6, 6.07) is 0. The molecule has 0 aromatic carbocycles. The number of aliphatic hydroxyl groups excluding tert-OH is 1. The minimum absolute atomic E-state index is 0.0577. The highest BCUT2D eigenvalue weighted by molar-refractivity contribution is 7.45. The van der Waals surface area contributed by atoms with E-state index < -0.39 is 38.6 Å². The summed E-state index contributed by atoms with van der Waals surface area (Å²) in [5.41, 5.74) is 0. The van der Waals surface area contributed by atoms with E-state index in [0.29, 0.717) is 43.1 Å². The van der Waals surface area contributed by atoms with Gasteiger partial charge in [-0.2, -0.15) is 0 Å². The molecule has 0 aromatic rings. The van der Waals surface area contributed by atoms with E-state index in [2.05, 4.69) is 56.4 Å². The number of unbranched alkanes of at least 4 members (excludes halogenated alkanes) is 13. The van der Waals surface area contributed by atoms with Crippen LogP contribution in [0.5, 0.6) is 0 Å². The molecule has 0 saturated heterocycles. The molecular weight excluding hydrogens is 790 g/mol. The Hall–Kier alpha value is -2.85. The Morgan fingerprint density at radius 2 is 1.16 bits per heavy atom. The van der Waals surface area contributed by atoms with Crippen molar-refractivity contribution in [1.82, 2.24) is 0 Å². The van der Waals surface area contributed by atoms with Crippen molar-refractivity contribution in [1.29, 1.82) is 0 Å². The Morgan fingerprint density at radius 1 is 0.623 bits per heavy atom. The summed E-state index contributed by atoms with van der Waals surface area (Å²) in [4.78, 5) is 37.6. The van der Waals surface area contributed by atoms with Crippen LogP contribution in [0, 0.1) is 0 Å². The van der Waals surface area contributed by atoms with E-state index in [1.165, 1.54) is 57.8 Å². The maximum absolute atomic E-state index is 12.7. The second-order valence-corrected chi connectivity index (χ2v) is 18.0. The highest BCUT2D eigenvalue weighted by atomic mass is 31.2. The van der Waals surface area contributed by atoms with Crippen LogP contribution >= 0.6 is 7.82 Å². The minimum Gasteiger partial charge on any atom is -0.756 e. The molecule has 0 saturated carbocycles. The SMILES string of the molecule is CC/C=C\C/C=C\CC(O)/C=C/C=C\C/C=C\CCCC(=O)O[C@H](COC(=O)CCCCCCCCCCC/C=C\C/C=C\CCCCC)COP(=O)([O-])OCC[N+](C)(C)C. The third-order valence-corrected chi connectivity index (χ3v) is 10.4. The Bertz CT molecular complexity index is 1330.